The van der Waals surface area contributed by atoms with E-state index in [0.717, 1.165) is 49.3 Å². The largest absolute Gasteiger partial charge is 0.439 e. The maximum Gasteiger partial charge on any atom is 0.416 e. The van der Waals surface area contributed by atoms with Crippen LogP contribution in [0.15, 0.2) is 71.3 Å². The van der Waals surface area contributed by atoms with E-state index in [1.165, 1.54) is 6.07 Å². The number of anilines is 3. The third-order valence-corrected chi connectivity index (χ3v) is 7.08. The molecule has 8 nitrogen and oxygen atoms in total. The summed E-state index contributed by atoms with van der Waals surface area (Å²) < 4.78 is 45.7. The lowest BCUT2D eigenvalue weighted by Gasteiger charge is -2.31. The first-order valence-corrected chi connectivity index (χ1v) is 12.6. The van der Waals surface area contributed by atoms with Crippen LogP contribution >= 0.6 is 0 Å². The van der Waals surface area contributed by atoms with Crippen molar-refractivity contribution in [2.24, 2.45) is 5.73 Å². The molecule has 2 amide bonds. The van der Waals surface area contributed by atoms with Gasteiger partial charge in [0.1, 0.15) is 0 Å². The molecule has 2 bridgehead atoms. The molecule has 0 aliphatic carbocycles. The fraction of sp³-hybridized carbons (Fsp3) is 0.250. The number of fused-ring (bicyclic) bond motifs is 2. The summed E-state index contributed by atoms with van der Waals surface area (Å²) in [4.78, 5) is 26.4. The minimum absolute atomic E-state index is 0.101. The van der Waals surface area contributed by atoms with Gasteiger partial charge < -0.3 is 20.4 Å². The predicted octanol–water partition coefficient (Wildman–Crippen LogP) is 5.90. The molecule has 3 N–H and O–H groups in total. The van der Waals surface area contributed by atoms with E-state index < -0.39 is 11.7 Å². The number of hydrogen-bond donors (Lipinski definition) is 2. The number of nitrogens with zero attached hydrogens (tertiary/aromatic N) is 4. The second kappa shape index (κ2) is 9.73. The Morgan fingerprint density at radius 2 is 1.82 bits per heavy atom. The highest BCUT2D eigenvalue weighted by Gasteiger charge is 2.37. The Morgan fingerprint density at radius 1 is 1.05 bits per heavy atom. The number of halogens is 3. The van der Waals surface area contributed by atoms with Gasteiger partial charge in [0.2, 0.25) is 5.89 Å². The standard InChI is InChI=1S/C28H25F3N6O2/c29-28(30,31)19-5-1-3-17(13-19)22-7-8-23-26(35-22)37(21-9-11-36(23)12-10-21)27(38)34-20-6-2-4-18(14-20)24-16-33-25(15-32)39-24/h1-8,13-14,16,21H,9-12,15,32H2,(H,34,38). The zero-order valence-electron chi connectivity index (χ0n) is 20.8. The minimum Gasteiger partial charge on any atom is -0.439 e. The molecule has 2 aromatic carbocycles. The fourth-order valence-electron chi connectivity index (χ4n) is 5.15. The fourth-order valence-corrected chi connectivity index (χ4v) is 5.15. The molecule has 200 valence electrons. The molecule has 0 atom stereocenters. The lowest BCUT2D eigenvalue weighted by atomic mass is 10.1. The molecular weight excluding hydrogens is 509 g/mol. The van der Waals surface area contributed by atoms with Crippen molar-refractivity contribution in [1.29, 1.82) is 0 Å². The normalized spacial score (nSPS) is 15.3. The SMILES string of the molecule is NCc1ncc(-c2cccc(NC(=O)N3c4nc(-c5cccc(C(F)(F)F)c5)ccc4N4CCC3CC4)c2)o1. The van der Waals surface area contributed by atoms with Gasteiger partial charge in [0, 0.05) is 35.9 Å². The summed E-state index contributed by atoms with van der Waals surface area (Å²) in [5.74, 6) is 1.38. The van der Waals surface area contributed by atoms with Crippen LogP contribution in [0.3, 0.4) is 0 Å². The summed E-state index contributed by atoms with van der Waals surface area (Å²) in [6.07, 6.45) is -1.38. The Balaban J connectivity index is 1.34. The Morgan fingerprint density at radius 3 is 2.56 bits per heavy atom. The van der Waals surface area contributed by atoms with Crippen LogP contribution in [0.25, 0.3) is 22.6 Å². The van der Waals surface area contributed by atoms with Crippen molar-refractivity contribution in [3.8, 4) is 22.6 Å². The zero-order chi connectivity index (χ0) is 27.1. The third kappa shape index (κ3) is 4.81. The Hall–Kier alpha value is -4.38. The van der Waals surface area contributed by atoms with Crippen molar-refractivity contribution >= 4 is 23.2 Å². The van der Waals surface area contributed by atoms with E-state index in [1.807, 2.05) is 12.1 Å². The number of pyridine rings is 1. The first-order chi connectivity index (χ1) is 18.8. The molecule has 1 saturated heterocycles. The quantitative estimate of drug-likeness (QED) is 0.338. The van der Waals surface area contributed by atoms with Gasteiger partial charge in [-0.3, -0.25) is 4.90 Å². The van der Waals surface area contributed by atoms with Gasteiger partial charge in [-0.15, -0.1) is 0 Å². The second-order valence-corrected chi connectivity index (χ2v) is 9.54. The molecule has 2 aromatic heterocycles. The van der Waals surface area contributed by atoms with E-state index in [1.54, 1.807) is 41.4 Å². The molecule has 1 fully saturated rings. The smallest absolute Gasteiger partial charge is 0.416 e. The molecule has 3 aliphatic rings. The highest BCUT2D eigenvalue weighted by atomic mass is 19.4. The van der Waals surface area contributed by atoms with Crippen LogP contribution < -0.4 is 20.9 Å². The van der Waals surface area contributed by atoms with E-state index >= 15 is 0 Å². The molecule has 5 heterocycles. The van der Waals surface area contributed by atoms with Gasteiger partial charge in [-0.25, -0.2) is 14.8 Å². The van der Waals surface area contributed by atoms with Crippen LogP contribution in [-0.2, 0) is 12.7 Å². The van der Waals surface area contributed by atoms with Crippen LogP contribution in [0.1, 0.15) is 24.3 Å². The van der Waals surface area contributed by atoms with Gasteiger partial charge in [0.15, 0.2) is 11.6 Å². The monoisotopic (exact) mass is 534 g/mol. The summed E-state index contributed by atoms with van der Waals surface area (Å²) in [5, 5.41) is 2.98. The summed E-state index contributed by atoms with van der Waals surface area (Å²) in [6, 6.07) is 15.3. The number of piperidine rings is 1. The Kier molecular flexibility index (Phi) is 6.22. The number of alkyl halides is 3. The highest BCUT2D eigenvalue weighted by Crippen LogP contribution is 2.40. The first kappa shape index (κ1) is 24.9. The van der Waals surface area contributed by atoms with Crippen LogP contribution in [0.5, 0.6) is 0 Å². The number of carbonyl (C=O) groups is 1. The van der Waals surface area contributed by atoms with Gasteiger partial charge in [0.05, 0.1) is 29.7 Å². The number of nitrogens with two attached hydrogens (primary N) is 1. The summed E-state index contributed by atoms with van der Waals surface area (Å²) in [7, 11) is 0. The molecule has 0 radical (unpaired) electrons. The Bertz CT molecular complexity index is 1530. The average molecular weight is 535 g/mol. The van der Waals surface area contributed by atoms with Crippen LogP contribution in [0, 0.1) is 0 Å². The topological polar surface area (TPSA) is 101 Å². The maximum absolute atomic E-state index is 13.8. The summed E-state index contributed by atoms with van der Waals surface area (Å²) in [5.41, 5.74) is 7.61. The van der Waals surface area contributed by atoms with Crippen LogP contribution in [0.4, 0.5) is 35.2 Å². The Labute approximate surface area is 222 Å². The van der Waals surface area contributed by atoms with Crippen molar-refractivity contribution in [2.45, 2.75) is 31.6 Å². The number of rotatable bonds is 4. The van der Waals surface area contributed by atoms with Crippen molar-refractivity contribution in [1.82, 2.24) is 9.97 Å². The summed E-state index contributed by atoms with van der Waals surface area (Å²) >= 11 is 0. The molecule has 11 heteroatoms. The van der Waals surface area contributed by atoms with E-state index in [-0.39, 0.29) is 18.6 Å². The molecule has 0 saturated carbocycles. The molecule has 0 spiro atoms. The lowest BCUT2D eigenvalue weighted by Crippen LogP contribution is -2.46. The van der Waals surface area contributed by atoms with E-state index in [4.69, 9.17) is 15.1 Å². The zero-order valence-corrected chi connectivity index (χ0v) is 20.8. The number of nitrogens with one attached hydrogen (secondary N) is 1. The summed E-state index contributed by atoms with van der Waals surface area (Å²) in [6.45, 7) is 1.70. The predicted molar refractivity (Wildman–Crippen MR) is 141 cm³/mol. The average Bonchev–Trinajstić information content (AvgIpc) is 3.31. The first-order valence-electron chi connectivity index (χ1n) is 12.6. The van der Waals surface area contributed by atoms with Gasteiger partial charge in [0.25, 0.3) is 0 Å². The van der Waals surface area contributed by atoms with Crippen molar-refractivity contribution in [3.05, 3.63) is 78.3 Å². The molecule has 4 aromatic rings. The molecule has 7 rings (SSSR count). The van der Waals surface area contributed by atoms with Gasteiger partial charge >= 0.3 is 12.2 Å². The number of urea groups is 1. The van der Waals surface area contributed by atoms with E-state index in [2.05, 4.69) is 15.2 Å². The van der Waals surface area contributed by atoms with E-state index in [0.29, 0.717) is 34.4 Å². The maximum atomic E-state index is 13.8. The van der Waals surface area contributed by atoms with Gasteiger partial charge in [-0.2, -0.15) is 13.2 Å². The number of oxazole rings is 1. The number of carbonyl (C=O) groups excluding carboxylic acids is 1. The van der Waals surface area contributed by atoms with E-state index in [9.17, 15) is 18.0 Å². The van der Waals surface area contributed by atoms with Crippen molar-refractivity contribution in [2.75, 3.05) is 28.2 Å². The number of benzene rings is 2. The molecule has 3 aliphatic heterocycles. The third-order valence-electron chi connectivity index (χ3n) is 7.08. The minimum atomic E-state index is -4.47. The van der Waals surface area contributed by atoms with Crippen molar-refractivity contribution in [3.63, 3.8) is 0 Å². The van der Waals surface area contributed by atoms with Crippen LogP contribution in [0.2, 0.25) is 0 Å². The van der Waals surface area contributed by atoms with Gasteiger partial charge in [-0.1, -0.05) is 24.3 Å². The van der Waals surface area contributed by atoms with Crippen molar-refractivity contribution < 1.29 is 22.4 Å². The van der Waals surface area contributed by atoms with Gasteiger partial charge in [-0.05, 0) is 49.2 Å². The highest BCUT2D eigenvalue weighted by molar-refractivity contribution is 6.04. The van der Waals surface area contributed by atoms with Crippen LogP contribution in [-0.4, -0.2) is 35.1 Å². The number of hydrogen-bond acceptors (Lipinski definition) is 6. The second-order valence-electron chi connectivity index (χ2n) is 9.54. The number of aromatic nitrogens is 2. The molecule has 0 unspecified atom stereocenters. The lowest BCUT2D eigenvalue weighted by molar-refractivity contribution is -0.137. The number of amides is 2. The molecular formula is C28H25F3N6O2. The molecule has 39 heavy (non-hydrogen) atoms.